The highest BCUT2D eigenvalue weighted by Gasteiger charge is 2.53. The minimum atomic E-state index is -4.72. The molecule has 9 heteroatoms. The Kier molecular flexibility index (Phi) is 2.67. The second kappa shape index (κ2) is 3.64. The standard InChI is InChI=1S/C7H13N3O5S/c8-6(11)7(15-16(12,13)14)2-1-5-3-10(7)4-9-5/h5,9H,1-4H2,(H2,8,11)(H,12,13,14). The maximum Gasteiger partial charge on any atom is 0.399 e. The normalized spacial score (nSPS) is 38.6. The van der Waals surface area contributed by atoms with Gasteiger partial charge in [-0.15, -0.1) is 0 Å². The Morgan fingerprint density at radius 3 is 2.88 bits per heavy atom. The van der Waals surface area contributed by atoms with Gasteiger partial charge in [0.15, 0.2) is 0 Å². The molecule has 92 valence electrons. The van der Waals surface area contributed by atoms with Gasteiger partial charge in [0, 0.05) is 19.0 Å². The summed E-state index contributed by atoms with van der Waals surface area (Å²) in [6.07, 6.45) is 0.703. The summed E-state index contributed by atoms with van der Waals surface area (Å²) in [6, 6.07) is 0.206. The molecule has 8 nitrogen and oxygen atoms in total. The van der Waals surface area contributed by atoms with E-state index in [1.165, 1.54) is 4.90 Å². The molecule has 2 rings (SSSR count). The second-order valence-corrected chi connectivity index (χ2v) is 5.00. The molecular weight excluding hydrogens is 238 g/mol. The van der Waals surface area contributed by atoms with E-state index < -0.39 is 22.0 Å². The molecule has 1 amide bonds. The second-order valence-electron chi connectivity index (χ2n) is 3.98. The molecule has 2 aliphatic heterocycles. The van der Waals surface area contributed by atoms with Crippen LogP contribution in [0.5, 0.6) is 0 Å². The van der Waals surface area contributed by atoms with E-state index in [1.54, 1.807) is 0 Å². The number of carbonyl (C=O) groups excluding carboxylic acids is 1. The minimum Gasteiger partial charge on any atom is -0.366 e. The highest BCUT2D eigenvalue weighted by molar-refractivity contribution is 7.81. The lowest BCUT2D eigenvalue weighted by Gasteiger charge is -2.39. The first-order chi connectivity index (χ1) is 7.33. The monoisotopic (exact) mass is 251 g/mol. The van der Waals surface area contributed by atoms with E-state index in [0.29, 0.717) is 19.6 Å². The molecule has 2 aliphatic rings. The third-order valence-electron chi connectivity index (χ3n) is 2.98. The Balaban J connectivity index is 2.32. The van der Waals surface area contributed by atoms with Crippen molar-refractivity contribution in [3.63, 3.8) is 0 Å². The lowest BCUT2D eigenvalue weighted by molar-refractivity contribution is -0.156. The van der Waals surface area contributed by atoms with Crippen LogP contribution in [0.15, 0.2) is 0 Å². The van der Waals surface area contributed by atoms with Crippen LogP contribution in [0.25, 0.3) is 0 Å². The minimum absolute atomic E-state index is 0.139. The molecule has 2 bridgehead atoms. The summed E-state index contributed by atoms with van der Waals surface area (Å²) in [5.74, 6) is -0.910. The number of primary amides is 1. The number of carbonyl (C=O) groups is 1. The van der Waals surface area contributed by atoms with Gasteiger partial charge in [-0.3, -0.25) is 14.2 Å². The van der Waals surface area contributed by atoms with Crippen molar-refractivity contribution in [2.24, 2.45) is 5.73 Å². The van der Waals surface area contributed by atoms with Gasteiger partial charge in [0.2, 0.25) is 5.72 Å². The first-order valence-electron chi connectivity index (χ1n) is 4.80. The number of nitrogens with one attached hydrogen (secondary N) is 1. The Labute approximate surface area is 92.7 Å². The fourth-order valence-corrected chi connectivity index (χ4v) is 2.84. The average Bonchev–Trinajstić information content (AvgIpc) is 2.53. The quantitative estimate of drug-likeness (QED) is 0.496. The molecule has 3 atom stereocenters. The Bertz CT molecular complexity index is 410. The van der Waals surface area contributed by atoms with Crippen LogP contribution in [-0.2, 0) is 19.4 Å². The third kappa shape index (κ3) is 1.92. The Morgan fingerprint density at radius 2 is 2.31 bits per heavy atom. The van der Waals surface area contributed by atoms with Crippen LogP contribution in [0.3, 0.4) is 0 Å². The molecule has 0 aromatic heterocycles. The van der Waals surface area contributed by atoms with Crippen LogP contribution in [0.1, 0.15) is 12.8 Å². The van der Waals surface area contributed by atoms with Gasteiger partial charge in [-0.2, -0.15) is 8.42 Å². The van der Waals surface area contributed by atoms with E-state index in [1.807, 2.05) is 0 Å². The first kappa shape index (κ1) is 11.7. The van der Waals surface area contributed by atoms with Gasteiger partial charge in [-0.1, -0.05) is 0 Å². The number of nitrogens with zero attached hydrogens (tertiary/aromatic N) is 1. The average molecular weight is 251 g/mol. The fourth-order valence-electron chi connectivity index (χ4n) is 2.22. The molecular formula is C7H13N3O5S. The van der Waals surface area contributed by atoms with E-state index >= 15 is 0 Å². The third-order valence-corrected chi connectivity index (χ3v) is 3.47. The van der Waals surface area contributed by atoms with Gasteiger partial charge >= 0.3 is 10.4 Å². The van der Waals surface area contributed by atoms with E-state index in [2.05, 4.69) is 9.50 Å². The number of amides is 1. The number of rotatable bonds is 3. The SMILES string of the molecule is NC(=O)C1(OS(=O)(=O)O)CCC2CN1CN2. The summed E-state index contributed by atoms with van der Waals surface area (Å²) >= 11 is 0. The number of nitrogens with two attached hydrogens (primary N) is 1. The summed E-state index contributed by atoms with van der Waals surface area (Å²) in [6.45, 7) is 0.779. The van der Waals surface area contributed by atoms with Gasteiger partial charge in [-0.05, 0) is 6.42 Å². The highest BCUT2D eigenvalue weighted by atomic mass is 32.3. The van der Waals surface area contributed by atoms with Crippen LogP contribution in [-0.4, -0.2) is 48.8 Å². The van der Waals surface area contributed by atoms with E-state index in [9.17, 15) is 13.2 Å². The van der Waals surface area contributed by atoms with Crippen molar-refractivity contribution in [2.45, 2.75) is 24.6 Å². The fraction of sp³-hybridized carbons (Fsp3) is 0.857. The maximum absolute atomic E-state index is 11.4. The first-order valence-corrected chi connectivity index (χ1v) is 6.16. The molecule has 2 saturated heterocycles. The topological polar surface area (TPSA) is 122 Å². The van der Waals surface area contributed by atoms with Crippen molar-refractivity contribution in [2.75, 3.05) is 13.2 Å². The summed E-state index contributed by atoms with van der Waals surface area (Å²) in [5.41, 5.74) is 3.43. The smallest absolute Gasteiger partial charge is 0.366 e. The van der Waals surface area contributed by atoms with Crippen molar-refractivity contribution in [3.8, 4) is 0 Å². The van der Waals surface area contributed by atoms with E-state index in [-0.39, 0.29) is 12.5 Å². The number of hydrogen-bond donors (Lipinski definition) is 3. The molecule has 3 unspecified atom stereocenters. The molecule has 0 saturated carbocycles. The van der Waals surface area contributed by atoms with Crippen LogP contribution in [0.4, 0.5) is 0 Å². The molecule has 0 radical (unpaired) electrons. The molecule has 4 N–H and O–H groups in total. The van der Waals surface area contributed by atoms with Crippen LogP contribution >= 0.6 is 0 Å². The van der Waals surface area contributed by atoms with Crippen LogP contribution in [0, 0.1) is 0 Å². The predicted molar refractivity (Wildman–Crippen MR) is 52.3 cm³/mol. The largest absolute Gasteiger partial charge is 0.399 e. The van der Waals surface area contributed by atoms with E-state index in [0.717, 1.165) is 0 Å². The Morgan fingerprint density at radius 1 is 1.62 bits per heavy atom. The summed E-state index contributed by atoms with van der Waals surface area (Å²) < 4.78 is 34.7. The van der Waals surface area contributed by atoms with Crippen molar-refractivity contribution >= 4 is 16.3 Å². The Hall–Kier alpha value is -0.740. The number of piperidine rings is 1. The molecule has 2 fully saturated rings. The van der Waals surface area contributed by atoms with Crippen molar-refractivity contribution < 1.29 is 21.9 Å². The van der Waals surface area contributed by atoms with Gasteiger partial charge in [0.05, 0.1) is 6.67 Å². The molecule has 0 aliphatic carbocycles. The summed E-state index contributed by atoms with van der Waals surface area (Å²) in [7, 11) is -4.72. The van der Waals surface area contributed by atoms with Crippen molar-refractivity contribution in [1.29, 1.82) is 0 Å². The summed E-state index contributed by atoms with van der Waals surface area (Å²) in [4.78, 5) is 12.9. The zero-order valence-corrected chi connectivity index (χ0v) is 9.24. The predicted octanol–water partition coefficient (Wildman–Crippen LogP) is -1.99. The van der Waals surface area contributed by atoms with Crippen molar-refractivity contribution in [1.82, 2.24) is 10.2 Å². The van der Waals surface area contributed by atoms with Crippen LogP contribution in [0.2, 0.25) is 0 Å². The zero-order valence-electron chi connectivity index (χ0n) is 8.42. The van der Waals surface area contributed by atoms with Gasteiger partial charge in [0.1, 0.15) is 0 Å². The number of fused-ring (bicyclic) bond motifs is 2. The molecule has 2 heterocycles. The zero-order chi connectivity index (χ0) is 12.0. The number of hydrogen-bond acceptors (Lipinski definition) is 6. The van der Waals surface area contributed by atoms with Crippen molar-refractivity contribution in [3.05, 3.63) is 0 Å². The van der Waals surface area contributed by atoms with Gasteiger partial charge < -0.3 is 11.1 Å². The molecule has 0 aromatic rings. The lowest BCUT2D eigenvalue weighted by atomic mass is 9.97. The maximum atomic E-state index is 11.4. The van der Waals surface area contributed by atoms with Crippen LogP contribution < -0.4 is 11.1 Å². The van der Waals surface area contributed by atoms with E-state index in [4.69, 9.17) is 10.3 Å². The van der Waals surface area contributed by atoms with Gasteiger partial charge in [-0.25, -0.2) is 4.18 Å². The highest BCUT2D eigenvalue weighted by Crippen LogP contribution is 2.33. The molecule has 16 heavy (non-hydrogen) atoms. The lowest BCUT2D eigenvalue weighted by Crippen LogP contribution is -2.61. The summed E-state index contributed by atoms with van der Waals surface area (Å²) in [5, 5.41) is 3.08. The molecule has 0 spiro atoms. The molecule has 0 aromatic carbocycles. The van der Waals surface area contributed by atoms with Gasteiger partial charge in [0.25, 0.3) is 5.91 Å².